The van der Waals surface area contributed by atoms with Crippen LogP contribution in [0.1, 0.15) is 22.7 Å². The van der Waals surface area contributed by atoms with E-state index in [9.17, 15) is 0 Å². The van der Waals surface area contributed by atoms with Crippen molar-refractivity contribution in [2.24, 2.45) is 5.73 Å². The lowest BCUT2D eigenvalue weighted by atomic mass is 10.2. The Labute approximate surface area is 93.4 Å². The minimum absolute atomic E-state index is 0.587. The summed E-state index contributed by atoms with van der Waals surface area (Å²) in [5, 5.41) is 12.0. The molecule has 0 radical (unpaired) electrons. The van der Waals surface area contributed by atoms with Crippen molar-refractivity contribution in [3.05, 3.63) is 28.9 Å². The number of hydrogen-bond acceptors (Lipinski definition) is 5. The SMILES string of the molecule is Cc1noc(C)c1Cn1cc(CCN)nn1. The Balaban J connectivity index is 2.14. The first kappa shape index (κ1) is 10.8. The molecule has 0 aromatic carbocycles. The number of aryl methyl sites for hydroxylation is 2. The molecule has 2 aromatic heterocycles. The van der Waals surface area contributed by atoms with Gasteiger partial charge in [0, 0.05) is 18.2 Å². The van der Waals surface area contributed by atoms with Crippen LogP contribution in [0.25, 0.3) is 0 Å². The van der Waals surface area contributed by atoms with Gasteiger partial charge in [0.25, 0.3) is 0 Å². The van der Waals surface area contributed by atoms with Crippen molar-refractivity contribution in [1.82, 2.24) is 20.2 Å². The molecule has 2 heterocycles. The van der Waals surface area contributed by atoms with Crippen LogP contribution in [-0.2, 0) is 13.0 Å². The molecule has 2 aromatic rings. The van der Waals surface area contributed by atoms with Gasteiger partial charge in [-0.1, -0.05) is 10.4 Å². The molecule has 6 heteroatoms. The highest BCUT2D eigenvalue weighted by Crippen LogP contribution is 2.13. The Morgan fingerprint density at radius 2 is 2.25 bits per heavy atom. The third kappa shape index (κ3) is 2.11. The van der Waals surface area contributed by atoms with Crippen molar-refractivity contribution in [2.75, 3.05) is 6.54 Å². The van der Waals surface area contributed by atoms with E-state index >= 15 is 0 Å². The largest absolute Gasteiger partial charge is 0.361 e. The van der Waals surface area contributed by atoms with Gasteiger partial charge in [0.15, 0.2) is 0 Å². The Kier molecular flexibility index (Phi) is 3.00. The Morgan fingerprint density at radius 3 is 2.88 bits per heavy atom. The molecule has 0 unspecified atom stereocenters. The smallest absolute Gasteiger partial charge is 0.138 e. The fourth-order valence-electron chi connectivity index (χ4n) is 1.57. The second-order valence-electron chi connectivity index (χ2n) is 3.75. The Morgan fingerprint density at radius 1 is 1.44 bits per heavy atom. The maximum atomic E-state index is 5.45. The summed E-state index contributed by atoms with van der Waals surface area (Å²) in [4.78, 5) is 0. The summed E-state index contributed by atoms with van der Waals surface area (Å²) in [7, 11) is 0. The zero-order valence-electron chi connectivity index (χ0n) is 9.47. The molecule has 0 bridgehead atoms. The van der Waals surface area contributed by atoms with Crippen LogP contribution in [0.2, 0.25) is 0 Å². The van der Waals surface area contributed by atoms with Gasteiger partial charge in [-0.25, -0.2) is 4.68 Å². The van der Waals surface area contributed by atoms with Gasteiger partial charge in [-0.05, 0) is 20.4 Å². The van der Waals surface area contributed by atoms with Crippen molar-refractivity contribution in [2.45, 2.75) is 26.8 Å². The summed E-state index contributed by atoms with van der Waals surface area (Å²) in [6, 6.07) is 0. The molecular formula is C10H15N5O. The molecule has 0 saturated carbocycles. The number of hydrogen-bond donors (Lipinski definition) is 1. The van der Waals surface area contributed by atoms with Crippen LogP contribution in [0.3, 0.4) is 0 Å². The van der Waals surface area contributed by atoms with E-state index in [0.717, 1.165) is 29.1 Å². The van der Waals surface area contributed by atoms with E-state index in [1.54, 1.807) is 4.68 Å². The number of rotatable bonds is 4. The number of aromatic nitrogens is 4. The minimum atomic E-state index is 0.587. The summed E-state index contributed by atoms with van der Waals surface area (Å²) < 4.78 is 6.87. The minimum Gasteiger partial charge on any atom is -0.361 e. The van der Waals surface area contributed by atoms with Gasteiger partial charge in [-0.3, -0.25) is 0 Å². The van der Waals surface area contributed by atoms with Gasteiger partial charge in [0.1, 0.15) is 5.76 Å². The first-order valence-electron chi connectivity index (χ1n) is 5.21. The van der Waals surface area contributed by atoms with Gasteiger partial charge >= 0.3 is 0 Å². The van der Waals surface area contributed by atoms with E-state index in [2.05, 4.69) is 15.5 Å². The highest BCUT2D eigenvalue weighted by atomic mass is 16.5. The predicted octanol–water partition coefficient (Wildman–Crippen LogP) is 0.432. The van der Waals surface area contributed by atoms with E-state index in [1.165, 1.54) is 0 Å². The van der Waals surface area contributed by atoms with E-state index in [0.29, 0.717) is 13.1 Å². The van der Waals surface area contributed by atoms with Crippen molar-refractivity contribution in [3.8, 4) is 0 Å². The second-order valence-corrected chi connectivity index (χ2v) is 3.75. The van der Waals surface area contributed by atoms with Crippen LogP contribution < -0.4 is 5.73 Å². The molecule has 0 saturated heterocycles. The summed E-state index contributed by atoms with van der Waals surface area (Å²) in [6.07, 6.45) is 2.65. The van der Waals surface area contributed by atoms with Crippen LogP contribution in [-0.4, -0.2) is 26.7 Å². The lowest BCUT2D eigenvalue weighted by molar-refractivity contribution is 0.391. The van der Waals surface area contributed by atoms with Crippen molar-refractivity contribution in [3.63, 3.8) is 0 Å². The van der Waals surface area contributed by atoms with Crippen molar-refractivity contribution >= 4 is 0 Å². The summed E-state index contributed by atoms with van der Waals surface area (Å²) >= 11 is 0. The van der Waals surface area contributed by atoms with Crippen LogP contribution in [0.15, 0.2) is 10.7 Å². The summed E-state index contributed by atoms with van der Waals surface area (Å²) in [5.41, 5.74) is 8.32. The first-order valence-corrected chi connectivity index (χ1v) is 5.21. The average molecular weight is 221 g/mol. The molecule has 2 rings (SSSR count). The fourth-order valence-corrected chi connectivity index (χ4v) is 1.57. The van der Waals surface area contributed by atoms with Crippen LogP contribution in [0.4, 0.5) is 0 Å². The standard InChI is InChI=1S/C10H15N5O/c1-7-10(8(2)16-13-7)6-15-5-9(3-4-11)12-14-15/h5H,3-4,6,11H2,1-2H3. The summed E-state index contributed by atoms with van der Waals surface area (Å²) in [6.45, 7) is 5.04. The number of nitrogens with zero attached hydrogens (tertiary/aromatic N) is 4. The summed E-state index contributed by atoms with van der Waals surface area (Å²) in [5.74, 6) is 0.827. The fraction of sp³-hybridized carbons (Fsp3) is 0.500. The maximum Gasteiger partial charge on any atom is 0.138 e. The van der Waals surface area contributed by atoms with Gasteiger partial charge in [0.2, 0.25) is 0 Å². The molecule has 0 aliphatic rings. The van der Waals surface area contributed by atoms with Crippen LogP contribution in [0, 0.1) is 13.8 Å². The third-order valence-corrected chi connectivity index (χ3v) is 2.49. The Hall–Kier alpha value is -1.69. The zero-order chi connectivity index (χ0) is 11.5. The molecule has 0 fully saturated rings. The molecule has 16 heavy (non-hydrogen) atoms. The molecule has 0 spiro atoms. The molecule has 0 amide bonds. The lowest BCUT2D eigenvalue weighted by Gasteiger charge is -1.98. The first-order chi connectivity index (χ1) is 7.70. The van der Waals surface area contributed by atoms with Crippen LogP contribution in [0.5, 0.6) is 0 Å². The van der Waals surface area contributed by atoms with E-state index in [4.69, 9.17) is 10.3 Å². The zero-order valence-corrected chi connectivity index (χ0v) is 9.47. The highest BCUT2D eigenvalue weighted by molar-refractivity contribution is 5.20. The van der Waals surface area contributed by atoms with Crippen LogP contribution >= 0.6 is 0 Å². The van der Waals surface area contributed by atoms with Crippen molar-refractivity contribution in [1.29, 1.82) is 0 Å². The maximum absolute atomic E-state index is 5.45. The van der Waals surface area contributed by atoms with E-state index in [-0.39, 0.29) is 0 Å². The molecule has 2 N–H and O–H groups in total. The predicted molar refractivity (Wildman–Crippen MR) is 57.9 cm³/mol. The topological polar surface area (TPSA) is 82.8 Å². The molecule has 6 nitrogen and oxygen atoms in total. The lowest BCUT2D eigenvalue weighted by Crippen LogP contribution is -2.03. The van der Waals surface area contributed by atoms with E-state index in [1.807, 2.05) is 20.0 Å². The van der Waals surface area contributed by atoms with E-state index < -0.39 is 0 Å². The average Bonchev–Trinajstić information content (AvgIpc) is 2.81. The normalized spacial score (nSPS) is 10.9. The molecule has 0 aliphatic heterocycles. The highest BCUT2D eigenvalue weighted by Gasteiger charge is 2.10. The van der Waals surface area contributed by atoms with Gasteiger partial charge in [-0.2, -0.15) is 0 Å². The van der Waals surface area contributed by atoms with Gasteiger partial charge in [0.05, 0.1) is 17.9 Å². The Bertz CT molecular complexity index is 454. The second kappa shape index (κ2) is 4.44. The third-order valence-electron chi connectivity index (χ3n) is 2.49. The molecular weight excluding hydrogens is 206 g/mol. The quantitative estimate of drug-likeness (QED) is 0.809. The number of nitrogens with two attached hydrogens (primary N) is 1. The molecule has 0 aliphatic carbocycles. The monoisotopic (exact) mass is 221 g/mol. The van der Waals surface area contributed by atoms with Gasteiger partial charge < -0.3 is 10.3 Å². The van der Waals surface area contributed by atoms with Gasteiger partial charge in [-0.15, -0.1) is 5.10 Å². The molecule has 86 valence electrons. The van der Waals surface area contributed by atoms with Crippen molar-refractivity contribution < 1.29 is 4.52 Å². The molecule has 0 atom stereocenters.